The fourth-order valence-corrected chi connectivity index (χ4v) is 4.04. The highest BCUT2D eigenvalue weighted by Gasteiger charge is 2.26. The number of anilines is 1. The minimum absolute atomic E-state index is 0.114. The first kappa shape index (κ1) is 22.5. The van der Waals surface area contributed by atoms with Gasteiger partial charge in [-0.25, -0.2) is 9.52 Å². The number of rotatable bonds is 6. The van der Waals surface area contributed by atoms with E-state index in [4.69, 9.17) is 0 Å². The predicted molar refractivity (Wildman–Crippen MR) is 111 cm³/mol. The van der Waals surface area contributed by atoms with Gasteiger partial charge in [0.05, 0.1) is 11.8 Å². The molecule has 2 rings (SSSR count). The van der Waals surface area contributed by atoms with Crippen LogP contribution in [0.5, 0.6) is 0 Å². The fraction of sp³-hybridized carbons (Fsp3) is 0.400. The summed E-state index contributed by atoms with van der Waals surface area (Å²) in [6, 6.07) is 4.25. The van der Waals surface area contributed by atoms with E-state index in [0.29, 0.717) is 5.69 Å². The van der Waals surface area contributed by atoms with Crippen LogP contribution in [-0.2, 0) is 10.0 Å². The standard InChI is InChI=1S/C20H26N4O4S/c1-11(2)16-9-13(5)10-17(12(3)4)18(16)22-20(26)24-29(27,28)19-15(14(6)25)7-8-21-23-19/h7-12H,1-6H3,(H2,22,24,26). The van der Waals surface area contributed by atoms with E-state index in [-0.39, 0.29) is 17.4 Å². The van der Waals surface area contributed by atoms with E-state index >= 15 is 0 Å². The van der Waals surface area contributed by atoms with Gasteiger partial charge in [0, 0.05) is 5.69 Å². The number of aryl methyl sites for hydroxylation is 1. The molecule has 1 aromatic heterocycles. The monoisotopic (exact) mass is 418 g/mol. The first-order chi connectivity index (χ1) is 13.4. The maximum Gasteiger partial charge on any atom is 0.333 e. The third kappa shape index (κ3) is 5.17. The molecule has 29 heavy (non-hydrogen) atoms. The number of nitrogens with one attached hydrogen (secondary N) is 2. The van der Waals surface area contributed by atoms with Crippen LogP contribution in [0.25, 0.3) is 0 Å². The summed E-state index contributed by atoms with van der Waals surface area (Å²) in [5, 5.41) is 9.15. The predicted octanol–water partition coefficient (Wildman–Crippen LogP) is 3.74. The van der Waals surface area contributed by atoms with E-state index < -0.39 is 26.9 Å². The van der Waals surface area contributed by atoms with Crippen LogP contribution in [0, 0.1) is 6.92 Å². The Balaban J connectivity index is 2.40. The van der Waals surface area contributed by atoms with Crippen molar-refractivity contribution in [3.05, 3.63) is 46.6 Å². The van der Waals surface area contributed by atoms with Gasteiger partial charge in [0.1, 0.15) is 0 Å². The van der Waals surface area contributed by atoms with Gasteiger partial charge in [-0.15, -0.1) is 5.10 Å². The lowest BCUT2D eigenvalue weighted by atomic mass is 9.90. The van der Waals surface area contributed by atoms with Gasteiger partial charge in [0.15, 0.2) is 5.78 Å². The largest absolute Gasteiger partial charge is 0.333 e. The Hall–Kier alpha value is -2.81. The molecule has 156 valence electrons. The number of sulfonamides is 1. The van der Waals surface area contributed by atoms with Crippen molar-refractivity contribution in [2.24, 2.45) is 0 Å². The van der Waals surface area contributed by atoms with Crippen molar-refractivity contribution in [3.63, 3.8) is 0 Å². The summed E-state index contributed by atoms with van der Waals surface area (Å²) in [6.07, 6.45) is 1.21. The number of aromatic nitrogens is 2. The summed E-state index contributed by atoms with van der Waals surface area (Å²) in [6.45, 7) is 11.2. The summed E-state index contributed by atoms with van der Waals surface area (Å²) < 4.78 is 27.2. The van der Waals surface area contributed by atoms with Gasteiger partial charge in [-0.1, -0.05) is 45.4 Å². The summed E-state index contributed by atoms with van der Waals surface area (Å²) >= 11 is 0. The van der Waals surface area contributed by atoms with E-state index in [2.05, 4.69) is 15.5 Å². The quantitative estimate of drug-likeness (QED) is 0.690. The van der Waals surface area contributed by atoms with Crippen LogP contribution >= 0.6 is 0 Å². The number of nitrogens with zero attached hydrogens (tertiary/aromatic N) is 2. The number of amides is 2. The molecule has 9 heteroatoms. The third-order valence-corrected chi connectivity index (χ3v) is 5.64. The normalized spacial score (nSPS) is 11.6. The summed E-state index contributed by atoms with van der Waals surface area (Å²) in [7, 11) is -4.39. The molecule has 2 aromatic rings. The van der Waals surface area contributed by atoms with Crippen molar-refractivity contribution < 1.29 is 18.0 Å². The van der Waals surface area contributed by atoms with E-state index in [1.807, 2.05) is 51.5 Å². The molecule has 0 unspecified atom stereocenters. The molecule has 0 saturated heterocycles. The van der Waals surface area contributed by atoms with Gasteiger partial charge in [0.25, 0.3) is 10.0 Å². The zero-order valence-corrected chi connectivity index (χ0v) is 18.2. The molecule has 8 nitrogen and oxygen atoms in total. The molecule has 0 radical (unpaired) electrons. The molecule has 0 aliphatic rings. The number of carbonyl (C=O) groups excluding carboxylic acids is 2. The Labute approximate surface area is 171 Å². The molecule has 0 aliphatic heterocycles. The lowest BCUT2D eigenvalue weighted by Gasteiger charge is -2.21. The second kappa shape index (κ2) is 8.69. The number of ketones is 1. The molecular formula is C20H26N4O4S. The highest BCUT2D eigenvalue weighted by atomic mass is 32.2. The number of Topliss-reactive ketones (excluding diaryl/α,β-unsaturated/α-hetero) is 1. The van der Waals surface area contributed by atoms with Crippen molar-refractivity contribution in [2.45, 2.75) is 58.4 Å². The second-order valence-corrected chi connectivity index (χ2v) is 9.09. The van der Waals surface area contributed by atoms with E-state index in [1.165, 1.54) is 19.2 Å². The van der Waals surface area contributed by atoms with Crippen LogP contribution in [0.2, 0.25) is 0 Å². The van der Waals surface area contributed by atoms with Crippen molar-refractivity contribution in [1.82, 2.24) is 14.9 Å². The van der Waals surface area contributed by atoms with Crippen molar-refractivity contribution >= 4 is 27.5 Å². The number of urea groups is 1. The van der Waals surface area contributed by atoms with E-state index in [0.717, 1.165) is 16.7 Å². The number of hydrogen-bond donors (Lipinski definition) is 2. The van der Waals surface area contributed by atoms with Gasteiger partial charge in [-0.2, -0.15) is 13.5 Å². The number of benzene rings is 1. The Morgan fingerprint density at radius 1 is 1.03 bits per heavy atom. The van der Waals surface area contributed by atoms with E-state index in [9.17, 15) is 18.0 Å². The summed E-state index contributed by atoms with van der Waals surface area (Å²) in [4.78, 5) is 24.3. The molecule has 0 fully saturated rings. The van der Waals surface area contributed by atoms with Crippen molar-refractivity contribution in [3.8, 4) is 0 Å². The molecular weight excluding hydrogens is 392 g/mol. The minimum atomic E-state index is -4.39. The van der Waals surface area contributed by atoms with Crippen LogP contribution in [-0.4, -0.2) is 30.4 Å². The highest BCUT2D eigenvalue weighted by molar-refractivity contribution is 7.90. The zero-order valence-electron chi connectivity index (χ0n) is 17.4. The fourth-order valence-electron chi connectivity index (χ4n) is 2.99. The summed E-state index contributed by atoms with van der Waals surface area (Å²) in [5.41, 5.74) is 3.32. The molecule has 0 aliphatic carbocycles. The molecule has 1 aromatic carbocycles. The molecule has 0 bridgehead atoms. The van der Waals surface area contributed by atoms with E-state index in [1.54, 1.807) is 0 Å². The third-order valence-electron chi connectivity index (χ3n) is 4.37. The van der Waals surface area contributed by atoms with Gasteiger partial charge in [-0.3, -0.25) is 4.79 Å². The van der Waals surface area contributed by atoms with Crippen molar-refractivity contribution in [1.29, 1.82) is 0 Å². The molecule has 2 amide bonds. The first-order valence-corrected chi connectivity index (χ1v) is 10.7. The van der Waals surface area contributed by atoms with Crippen molar-refractivity contribution in [2.75, 3.05) is 5.32 Å². The topological polar surface area (TPSA) is 118 Å². The second-order valence-electron chi connectivity index (χ2n) is 7.49. The summed E-state index contributed by atoms with van der Waals surface area (Å²) in [5.74, 6) is -0.268. The average Bonchev–Trinajstić information content (AvgIpc) is 2.61. The van der Waals surface area contributed by atoms with Gasteiger partial charge < -0.3 is 5.32 Å². The molecule has 0 spiro atoms. The van der Waals surface area contributed by atoms with Crippen LogP contribution in [0.3, 0.4) is 0 Å². The highest BCUT2D eigenvalue weighted by Crippen LogP contribution is 2.33. The lowest BCUT2D eigenvalue weighted by Crippen LogP contribution is -2.36. The average molecular weight is 419 g/mol. The molecule has 1 heterocycles. The minimum Gasteiger partial charge on any atom is -0.307 e. The Kier molecular flexibility index (Phi) is 6.73. The lowest BCUT2D eigenvalue weighted by molar-refractivity contribution is 0.101. The maximum atomic E-state index is 12.6. The van der Waals surface area contributed by atoms with Gasteiger partial charge in [0.2, 0.25) is 5.03 Å². The molecule has 0 saturated carbocycles. The Bertz CT molecular complexity index is 1020. The van der Waals surface area contributed by atoms with Crippen LogP contribution < -0.4 is 10.0 Å². The SMILES string of the molecule is CC(=O)c1ccnnc1S(=O)(=O)NC(=O)Nc1c(C(C)C)cc(C)cc1C(C)C. The van der Waals surface area contributed by atoms with Gasteiger partial charge in [-0.05, 0) is 42.9 Å². The van der Waals surface area contributed by atoms with Crippen LogP contribution in [0.1, 0.15) is 73.5 Å². The van der Waals surface area contributed by atoms with Crippen LogP contribution in [0.15, 0.2) is 29.4 Å². The zero-order chi connectivity index (χ0) is 21.9. The van der Waals surface area contributed by atoms with Crippen LogP contribution in [0.4, 0.5) is 10.5 Å². The van der Waals surface area contributed by atoms with Gasteiger partial charge >= 0.3 is 6.03 Å². The Morgan fingerprint density at radius 3 is 2.07 bits per heavy atom. The maximum absolute atomic E-state index is 12.6. The molecule has 0 atom stereocenters. The number of carbonyl (C=O) groups is 2. The number of hydrogen-bond acceptors (Lipinski definition) is 6. The smallest absolute Gasteiger partial charge is 0.307 e. The molecule has 2 N–H and O–H groups in total. The first-order valence-electron chi connectivity index (χ1n) is 9.25. The Morgan fingerprint density at radius 2 is 1.59 bits per heavy atom.